The van der Waals surface area contributed by atoms with Gasteiger partial charge in [-0.2, -0.15) is 15.0 Å². The summed E-state index contributed by atoms with van der Waals surface area (Å²) in [6.07, 6.45) is 0. The molecule has 0 aliphatic carbocycles. The summed E-state index contributed by atoms with van der Waals surface area (Å²) in [6.45, 7) is 0. The first-order valence-electron chi connectivity index (χ1n) is 4.34. The zero-order valence-electron chi connectivity index (χ0n) is 8.19. The number of nitrogens with zero attached hydrogens (tertiary/aromatic N) is 3. The summed E-state index contributed by atoms with van der Waals surface area (Å²) in [5.74, 6) is 0.487. The molecule has 1 aromatic carbocycles. The van der Waals surface area contributed by atoms with Crippen LogP contribution in [0.2, 0.25) is 10.3 Å². The van der Waals surface area contributed by atoms with E-state index in [1.807, 2.05) is 0 Å². The summed E-state index contributed by atoms with van der Waals surface area (Å²) in [4.78, 5) is 11.2. The van der Waals surface area contributed by atoms with Crippen LogP contribution in [0.3, 0.4) is 0 Å². The molecule has 0 aliphatic rings. The van der Waals surface area contributed by atoms with Gasteiger partial charge in [0.1, 0.15) is 5.75 Å². The predicted molar refractivity (Wildman–Crippen MR) is 68.5 cm³/mol. The lowest BCUT2D eigenvalue weighted by atomic mass is 10.3. The van der Waals surface area contributed by atoms with Gasteiger partial charge in [0.15, 0.2) is 0 Å². The highest BCUT2D eigenvalue weighted by molar-refractivity contribution is 9.10. The Morgan fingerprint density at radius 2 is 1.94 bits per heavy atom. The van der Waals surface area contributed by atoms with E-state index in [0.717, 1.165) is 0 Å². The van der Waals surface area contributed by atoms with Crippen molar-refractivity contribution in [2.24, 2.45) is 0 Å². The summed E-state index contributed by atoms with van der Waals surface area (Å²) in [5.41, 5.74) is 5.42. The van der Waals surface area contributed by atoms with Crippen molar-refractivity contribution in [3.63, 3.8) is 0 Å². The van der Waals surface area contributed by atoms with Crippen LogP contribution in [0.1, 0.15) is 0 Å². The summed E-state index contributed by atoms with van der Waals surface area (Å²) in [7, 11) is 0. The smallest absolute Gasteiger partial charge is 0.328 e. The molecule has 0 unspecified atom stereocenters. The minimum absolute atomic E-state index is 0.00918. The predicted octanol–water partition coefficient (Wildman–Crippen LogP) is 3.32. The van der Waals surface area contributed by atoms with Crippen LogP contribution in [0.4, 0.5) is 5.95 Å². The van der Waals surface area contributed by atoms with E-state index in [2.05, 4.69) is 30.9 Å². The molecular formula is C9H5BrCl2N4O. The van der Waals surface area contributed by atoms with E-state index >= 15 is 0 Å². The second-order valence-electron chi connectivity index (χ2n) is 2.92. The first kappa shape index (κ1) is 12.3. The van der Waals surface area contributed by atoms with Crippen LogP contribution in [-0.4, -0.2) is 15.0 Å². The molecule has 0 spiro atoms. The Kier molecular flexibility index (Phi) is 3.66. The van der Waals surface area contributed by atoms with Crippen LogP contribution in [-0.2, 0) is 0 Å². The third-order valence-corrected chi connectivity index (χ3v) is 2.72. The van der Waals surface area contributed by atoms with Gasteiger partial charge in [0.05, 0.1) is 4.47 Å². The van der Waals surface area contributed by atoms with Gasteiger partial charge in [0, 0.05) is 5.02 Å². The van der Waals surface area contributed by atoms with Gasteiger partial charge >= 0.3 is 6.01 Å². The lowest BCUT2D eigenvalue weighted by molar-refractivity contribution is 0.438. The fraction of sp³-hybridized carbons (Fsp3) is 0. The lowest BCUT2D eigenvalue weighted by Gasteiger charge is -2.06. The Hall–Kier alpha value is -1.11. The third kappa shape index (κ3) is 3.18. The average molecular weight is 336 g/mol. The summed E-state index contributed by atoms with van der Waals surface area (Å²) < 4.78 is 6.06. The zero-order chi connectivity index (χ0) is 12.4. The highest BCUT2D eigenvalue weighted by atomic mass is 79.9. The van der Waals surface area contributed by atoms with Gasteiger partial charge in [-0.05, 0) is 45.7 Å². The fourth-order valence-corrected chi connectivity index (χ4v) is 1.97. The van der Waals surface area contributed by atoms with Gasteiger partial charge < -0.3 is 10.5 Å². The number of benzene rings is 1. The van der Waals surface area contributed by atoms with Crippen molar-refractivity contribution in [3.8, 4) is 11.8 Å². The minimum Gasteiger partial charge on any atom is -0.423 e. The molecule has 88 valence electrons. The quantitative estimate of drug-likeness (QED) is 0.911. The van der Waals surface area contributed by atoms with E-state index in [0.29, 0.717) is 15.2 Å². The van der Waals surface area contributed by atoms with Gasteiger partial charge in [0.25, 0.3) is 0 Å². The molecule has 0 radical (unpaired) electrons. The molecular weight excluding hydrogens is 331 g/mol. The van der Waals surface area contributed by atoms with Crippen LogP contribution in [0, 0.1) is 0 Å². The molecule has 5 nitrogen and oxygen atoms in total. The van der Waals surface area contributed by atoms with Crippen LogP contribution < -0.4 is 10.5 Å². The Balaban J connectivity index is 2.31. The second kappa shape index (κ2) is 5.03. The maximum Gasteiger partial charge on any atom is 0.328 e. The Morgan fingerprint density at radius 1 is 1.18 bits per heavy atom. The first-order chi connectivity index (χ1) is 8.04. The average Bonchev–Trinajstić information content (AvgIpc) is 2.21. The standard InChI is InChI=1S/C9H5BrCl2N4O/c10-5-3-4(11)1-2-6(5)17-9-15-7(12)14-8(13)16-9/h1-3H,(H2,13,14,15,16). The largest absolute Gasteiger partial charge is 0.423 e. The first-order valence-corrected chi connectivity index (χ1v) is 5.89. The fourth-order valence-electron chi connectivity index (χ4n) is 1.05. The number of hydrogen-bond acceptors (Lipinski definition) is 5. The van der Waals surface area contributed by atoms with Crippen molar-refractivity contribution in [3.05, 3.63) is 33.0 Å². The Labute approximate surface area is 115 Å². The highest BCUT2D eigenvalue weighted by Gasteiger charge is 2.08. The highest BCUT2D eigenvalue weighted by Crippen LogP contribution is 2.30. The molecule has 0 saturated carbocycles. The Bertz CT molecular complexity index is 546. The molecule has 2 N–H and O–H groups in total. The summed E-state index contributed by atoms with van der Waals surface area (Å²) in [6, 6.07) is 5.04. The van der Waals surface area contributed by atoms with Crippen molar-refractivity contribution in [1.82, 2.24) is 15.0 Å². The normalized spacial score (nSPS) is 10.3. The zero-order valence-corrected chi connectivity index (χ0v) is 11.3. The molecule has 0 amide bonds. The number of nitrogen functional groups attached to an aromatic ring is 1. The minimum atomic E-state index is -0.0300. The molecule has 2 aromatic rings. The van der Waals surface area contributed by atoms with Crippen molar-refractivity contribution >= 4 is 45.1 Å². The lowest BCUT2D eigenvalue weighted by Crippen LogP contribution is -2.00. The van der Waals surface area contributed by atoms with Crippen LogP contribution >= 0.6 is 39.1 Å². The molecule has 0 fully saturated rings. The molecule has 2 rings (SSSR count). The summed E-state index contributed by atoms with van der Waals surface area (Å²) >= 11 is 14.7. The Morgan fingerprint density at radius 3 is 2.59 bits per heavy atom. The van der Waals surface area contributed by atoms with Crippen LogP contribution in [0.5, 0.6) is 11.8 Å². The number of anilines is 1. The van der Waals surface area contributed by atoms with E-state index in [9.17, 15) is 0 Å². The number of ether oxygens (including phenoxy) is 1. The molecule has 1 heterocycles. The van der Waals surface area contributed by atoms with Gasteiger partial charge in [-0.15, -0.1) is 0 Å². The third-order valence-electron chi connectivity index (χ3n) is 1.70. The summed E-state index contributed by atoms with van der Waals surface area (Å²) in [5, 5.41) is 0.551. The number of nitrogens with two attached hydrogens (primary N) is 1. The van der Waals surface area contributed by atoms with Crippen LogP contribution in [0.15, 0.2) is 22.7 Å². The van der Waals surface area contributed by atoms with E-state index in [-0.39, 0.29) is 17.2 Å². The van der Waals surface area contributed by atoms with Crippen molar-refractivity contribution < 1.29 is 4.74 Å². The number of aromatic nitrogens is 3. The number of rotatable bonds is 2. The van der Waals surface area contributed by atoms with Gasteiger partial charge in [0.2, 0.25) is 11.2 Å². The molecule has 8 heteroatoms. The van der Waals surface area contributed by atoms with Crippen molar-refractivity contribution in [2.75, 3.05) is 5.73 Å². The number of hydrogen-bond donors (Lipinski definition) is 1. The second-order valence-corrected chi connectivity index (χ2v) is 4.55. The van der Waals surface area contributed by atoms with Crippen LogP contribution in [0.25, 0.3) is 0 Å². The molecule has 0 saturated heterocycles. The van der Waals surface area contributed by atoms with Gasteiger partial charge in [-0.25, -0.2) is 0 Å². The molecule has 17 heavy (non-hydrogen) atoms. The van der Waals surface area contributed by atoms with E-state index in [1.54, 1.807) is 18.2 Å². The van der Waals surface area contributed by atoms with E-state index in [1.165, 1.54) is 0 Å². The van der Waals surface area contributed by atoms with Gasteiger partial charge in [-0.1, -0.05) is 11.6 Å². The molecule has 0 atom stereocenters. The van der Waals surface area contributed by atoms with Crippen molar-refractivity contribution in [1.29, 1.82) is 0 Å². The maximum atomic E-state index is 5.80. The SMILES string of the molecule is Nc1nc(Cl)nc(Oc2ccc(Cl)cc2Br)n1. The number of halogens is 3. The van der Waals surface area contributed by atoms with Crippen molar-refractivity contribution in [2.45, 2.75) is 0 Å². The molecule has 0 aliphatic heterocycles. The van der Waals surface area contributed by atoms with Gasteiger partial charge in [-0.3, -0.25) is 0 Å². The topological polar surface area (TPSA) is 73.9 Å². The molecule has 0 bridgehead atoms. The van der Waals surface area contributed by atoms with E-state index in [4.69, 9.17) is 33.7 Å². The molecule has 1 aromatic heterocycles. The monoisotopic (exact) mass is 334 g/mol. The van der Waals surface area contributed by atoms with E-state index < -0.39 is 0 Å². The maximum absolute atomic E-state index is 5.80.